The van der Waals surface area contributed by atoms with E-state index in [-0.39, 0.29) is 5.88 Å². The Labute approximate surface area is 263 Å². The molecule has 0 amide bonds. The van der Waals surface area contributed by atoms with Gasteiger partial charge in [0.15, 0.2) is 23.1 Å². The van der Waals surface area contributed by atoms with Crippen LogP contribution in [0.3, 0.4) is 0 Å². The van der Waals surface area contributed by atoms with E-state index in [0.717, 1.165) is 12.0 Å². The van der Waals surface area contributed by atoms with Crippen LogP contribution in [0.25, 0.3) is 17.4 Å². The second kappa shape index (κ2) is 12.4. The summed E-state index contributed by atoms with van der Waals surface area (Å²) in [5, 5.41) is 23.1. The number of aromatic hydroxyl groups is 1. The highest BCUT2D eigenvalue weighted by atomic mass is 35.5. The number of imidazole rings is 1. The number of anilines is 2. The van der Waals surface area contributed by atoms with E-state index in [1.54, 1.807) is 77.1 Å². The van der Waals surface area contributed by atoms with Gasteiger partial charge in [-0.3, -0.25) is 14.3 Å². The summed E-state index contributed by atoms with van der Waals surface area (Å²) in [6.45, 7) is 0. The smallest absolute Gasteiger partial charge is 0.328 e. The van der Waals surface area contributed by atoms with Crippen molar-refractivity contribution in [3.63, 3.8) is 0 Å². The van der Waals surface area contributed by atoms with Crippen molar-refractivity contribution in [3.8, 4) is 5.88 Å². The fourth-order valence-electron chi connectivity index (χ4n) is 4.30. The van der Waals surface area contributed by atoms with Crippen LogP contribution in [0.1, 0.15) is 16.1 Å². The third-order valence-electron chi connectivity index (χ3n) is 6.48. The zero-order valence-electron chi connectivity index (χ0n) is 23.3. The van der Waals surface area contributed by atoms with Crippen LogP contribution in [-0.4, -0.2) is 50.1 Å². The molecule has 7 rings (SSSR count). The van der Waals surface area contributed by atoms with Gasteiger partial charge in [-0.15, -0.1) is 0 Å². The van der Waals surface area contributed by atoms with Crippen LogP contribution < -0.4 is 21.7 Å². The van der Waals surface area contributed by atoms with E-state index in [1.165, 1.54) is 10.8 Å². The van der Waals surface area contributed by atoms with Crippen LogP contribution >= 0.6 is 23.2 Å². The van der Waals surface area contributed by atoms with Gasteiger partial charge >= 0.3 is 5.69 Å². The Morgan fingerprint density at radius 2 is 1.67 bits per heavy atom. The summed E-state index contributed by atoms with van der Waals surface area (Å²) >= 11 is 11.9. The summed E-state index contributed by atoms with van der Waals surface area (Å²) in [6.07, 6.45) is 8.92. The second-order valence-electron chi connectivity index (χ2n) is 9.55. The van der Waals surface area contributed by atoms with Crippen LogP contribution in [0.15, 0.2) is 95.2 Å². The molecule has 5 aromatic heterocycles. The number of fused-ring (bicyclic) bond motifs is 2. The Balaban J connectivity index is 0.000000167. The van der Waals surface area contributed by atoms with Crippen molar-refractivity contribution >= 4 is 64.1 Å². The largest absolute Gasteiger partial charge is 0.493 e. The van der Waals surface area contributed by atoms with Gasteiger partial charge in [-0.2, -0.15) is 10.2 Å². The molecule has 0 radical (unpaired) electrons. The normalized spacial score (nSPS) is 12.0. The van der Waals surface area contributed by atoms with E-state index in [1.807, 2.05) is 24.3 Å². The lowest BCUT2D eigenvalue weighted by molar-refractivity contribution is 0.112. The van der Waals surface area contributed by atoms with Crippen molar-refractivity contribution in [3.05, 3.63) is 128 Å². The summed E-state index contributed by atoms with van der Waals surface area (Å²) in [6, 6.07) is 18.0. The second-order valence-corrected chi connectivity index (χ2v) is 10.4. The summed E-state index contributed by atoms with van der Waals surface area (Å²) in [7, 11) is 1.56. The van der Waals surface area contributed by atoms with E-state index in [4.69, 9.17) is 23.2 Å². The van der Waals surface area contributed by atoms with E-state index in [0.29, 0.717) is 54.8 Å². The van der Waals surface area contributed by atoms with Crippen molar-refractivity contribution < 1.29 is 9.90 Å². The Morgan fingerprint density at radius 1 is 0.933 bits per heavy atom. The van der Waals surface area contributed by atoms with Crippen LogP contribution in [0.4, 0.5) is 17.2 Å². The third-order valence-corrected chi connectivity index (χ3v) is 6.95. The minimum absolute atomic E-state index is 0.211. The third kappa shape index (κ3) is 6.44. The van der Waals surface area contributed by atoms with Crippen molar-refractivity contribution in [1.82, 2.24) is 38.7 Å². The number of hydrogen-bond donors (Lipinski definition) is 3. The molecular formula is C30H22Cl2N10O3. The predicted molar refractivity (Wildman–Crippen MR) is 169 cm³/mol. The highest BCUT2D eigenvalue weighted by Crippen LogP contribution is 2.20. The highest BCUT2D eigenvalue weighted by Gasteiger charge is 2.09. The number of nitrogens with zero attached hydrogens (tertiary/aromatic N) is 8. The Morgan fingerprint density at radius 3 is 2.40 bits per heavy atom. The molecule has 5 heterocycles. The molecule has 0 spiro atoms. The first-order chi connectivity index (χ1) is 21.8. The lowest BCUT2D eigenvalue weighted by Gasteiger charge is -2.06. The molecule has 0 fully saturated rings. The molecule has 7 aromatic rings. The SMILES string of the molecule is Cn1c(C=c2cnn3ccc(=Nc4cccc(Cl)c4)nc23)c(O)[nH]c1=O.O=Cc1cnn2ccc(Nc3cccc(Cl)c3)nc12. The number of aromatic nitrogens is 8. The summed E-state index contributed by atoms with van der Waals surface area (Å²) in [5.41, 5.74) is 3.44. The first-order valence-corrected chi connectivity index (χ1v) is 14.0. The zero-order chi connectivity index (χ0) is 31.5. The number of benzene rings is 2. The molecule has 2 aromatic carbocycles. The summed E-state index contributed by atoms with van der Waals surface area (Å²) in [4.78, 5) is 38.1. The topological polar surface area (TPSA) is 160 Å². The van der Waals surface area contributed by atoms with Gasteiger partial charge in [-0.05, 0) is 48.5 Å². The molecule has 0 aliphatic rings. The predicted octanol–water partition coefficient (Wildman–Crippen LogP) is 3.83. The van der Waals surface area contributed by atoms with Gasteiger partial charge in [-0.1, -0.05) is 35.3 Å². The van der Waals surface area contributed by atoms with Crippen molar-refractivity contribution in [2.24, 2.45) is 12.0 Å². The first kappa shape index (κ1) is 29.3. The number of carbonyl (C=O) groups is 1. The number of aromatic amines is 1. The van der Waals surface area contributed by atoms with E-state index in [9.17, 15) is 14.7 Å². The molecule has 0 saturated carbocycles. The average Bonchev–Trinajstić information content (AvgIpc) is 3.69. The van der Waals surface area contributed by atoms with Crippen LogP contribution in [0, 0.1) is 0 Å². The van der Waals surface area contributed by atoms with E-state index in [2.05, 4.69) is 35.5 Å². The van der Waals surface area contributed by atoms with Gasteiger partial charge in [0, 0.05) is 46.5 Å². The molecule has 0 unspecified atom stereocenters. The molecule has 15 heteroatoms. The van der Waals surface area contributed by atoms with Gasteiger partial charge in [0.05, 0.1) is 23.6 Å². The van der Waals surface area contributed by atoms with Crippen LogP contribution in [0.5, 0.6) is 5.88 Å². The molecular weight excluding hydrogens is 619 g/mol. The standard InChI is InChI=1S/C17H13ClN6O2.C13H9ClN4O/c1-23-13(16(25)22-17(23)26)7-10-9-19-24-6-5-14(21-15(10)24)20-12-4-2-3-11(18)8-12;14-10-2-1-3-11(6-10)16-12-4-5-18-13(17-12)9(8-19)7-15-18/h2-9,25H,1H3,(H,22,26);1-8H,(H,16,17). The van der Waals surface area contributed by atoms with Crippen LogP contribution in [0.2, 0.25) is 10.0 Å². The van der Waals surface area contributed by atoms with Gasteiger partial charge in [0.1, 0.15) is 11.5 Å². The average molecular weight is 641 g/mol. The van der Waals surface area contributed by atoms with Crippen LogP contribution in [-0.2, 0) is 7.05 Å². The molecule has 0 atom stereocenters. The quantitative estimate of drug-likeness (QED) is 0.239. The Hall–Kier alpha value is -5.79. The number of H-pyrrole nitrogens is 1. The summed E-state index contributed by atoms with van der Waals surface area (Å²) < 4.78 is 4.44. The maximum Gasteiger partial charge on any atom is 0.328 e. The zero-order valence-corrected chi connectivity index (χ0v) is 24.8. The lowest BCUT2D eigenvalue weighted by atomic mass is 10.3. The number of nitrogens with one attached hydrogen (secondary N) is 2. The monoisotopic (exact) mass is 640 g/mol. The van der Waals surface area contributed by atoms with E-state index < -0.39 is 5.69 Å². The molecule has 0 aliphatic carbocycles. The Kier molecular flexibility index (Phi) is 8.10. The Bertz CT molecular complexity index is 2380. The van der Waals surface area contributed by atoms with Crippen molar-refractivity contribution in [2.45, 2.75) is 0 Å². The molecule has 0 aliphatic heterocycles. The maximum absolute atomic E-state index is 11.6. The number of carbonyl (C=O) groups excluding carboxylic acids is 1. The van der Waals surface area contributed by atoms with Crippen molar-refractivity contribution in [1.29, 1.82) is 0 Å². The number of aldehydes is 1. The van der Waals surface area contributed by atoms with Gasteiger partial charge < -0.3 is 10.4 Å². The number of hydrogen-bond acceptors (Lipinski definition) is 9. The van der Waals surface area contributed by atoms with Gasteiger partial charge in [0.2, 0.25) is 5.88 Å². The first-order valence-electron chi connectivity index (χ1n) is 13.2. The number of halogens is 2. The minimum Gasteiger partial charge on any atom is -0.493 e. The fourth-order valence-corrected chi connectivity index (χ4v) is 4.68. The molecule has 0 saturated heterocycles. The summed E-state index contributed by atoms with van der Waals surface area (Å²) in [5.74, 6) is 0.412. The molecule has 3 N–H and O–H groups in total. The van der Waals surface area contributed by atoms with Gasteiger partial charge in [-0.25, -0.2) is 28.8 Å². The molecule has 224 valence electrons. The molecule has 0 bridgehead atoms. The van der Waals surface area contributed by atoms with Gasteiger partial charge in [0.25, 0.3) is 0 Å². The van der Waals surface area contributed by atoms with E-state index >= 15 is 0 Å². The fraction of sp³-hybridized carbons (Fsp3) is 0.0333. The van der Waals surface area contributed by atoms with Crippen molar-refractivity contribution in [2.75, 3.05) is 5.32 Å². The highest BCUT2D eigenvalue weighted by molar-refractivity contribution is 6.31. The molecule has 13 nitrogen and oxygen atoms in total. The molecule has 45 heavy (non-hydrogen) atoms. The minimum atomic E-state index is -0.408. The maximum atomic E-state index is 11.6. The lowest BCUT2D eigenvalue weighted by Crippen LogP contribution is -2.15. The number of rotatable bonds is 5.